The summed E-state index contributed by atoms with van der Waals surface area (Å²) >= 11 is 0. The summed E-state index contributed by atoms with van der Waals surface area (Å²) in [6, 6.07) is 18.1. The summed E-state index contributed by atoms with van der Waals surface area (Å²) in [4.78, 5) is 4.72. The van der Waals surface area contributed by atoms with Gasteiger partial charge in [0.25, 0.3) is 0 Å². The molecule has 0 aromatic heterocycles. The molecule has 6 nitrogen and oxygen atoms in total. The van der Waals surface area contributed by atoms with Gasteiger partial charge in [-0.3, -0.25) is 4.72 Å². The van der Waals surface area contributed by atoms with E-state index in [1.54, 1.807) is 6.07 Å². The van der Waals surface area contributed by atoms with Gasteiger partial charge in [0.05, 0.1) is 18.5 Å². The normalized spacial score (nSPS) is 16.3. The first-order valence-electron chi connectivity index (χ1n) is 10.6. The second kappa shape index (κ2) is 9.98. The number of hydrogen-bond acceptors (Lipinski definition) is 3. The molecule has 1 aliphatic carbocycles. The first-order valence-corrected chi connectivity index (χ1v) is 12.4. The van der Waals surface area contributed by atoms with Crippen LogP contribution >= 0.6 is 0 Å². The van der Waals surface area contributed by atoms with Crippen molar-refractivity contribution in [3.8, 4) is 0 Å². The van der Waals surface area contributed by atoms with Gasteiger partial charge in [0.15, 0.2) is 5.96 Å². The lowest BCUT2D eigenvalue weighted by atomic mass is 9.79. The van der Waals surface area contributed by atoms with Crippen LogP contribution in [0.15, 0.2) is 59.6 Å². The molecule has 3 rings (SSSR count). The molecule has 1 aliphatic rings. The Bertz CT molecular complexity index is 952. The van der Waals surface area contributed by atoms with Crippen LogP contribution in [-0.4, -0.2) is 33.7 Å². The van der Waals surface area contributed by atoms with E-state index in [1.165, 1.54) is 31.2 Å². The minimum atomic E-state index is -3.34. The third-order valence-corrected chi connectivity index (χ3v) is 6.20. The number of aliphatic imine (C=N–C) groups is 1. The molecule has 7 heteroatoms. The van der Waals surface area contributed by atoms with Gasteiger partial charge >= 0.3 is 0 Å². The molecule has 30 heavy (non-hydrogen) atoms. The van der Waals surface area contributed by atoms with Crippen molar-refractivity contribution in [2.45, 2.75) is 44.6 Å². The summed E-state index contributed by atoms with van der Waals surface area (Å²) in [6.07, 6.45) is 5.99. The third-order valence-electron chi connectivity index (χ3n) is 5.61. The number of guanidine groups is 1. The lowest BCUT2D eigenvalue weighted by Crippen LogP contribution is -2.44. The van der Waals surface area contributed by atoms with E-state index in [0.29, 0.717) is 12.2 Å². The molecule has 0 amide bonds. The van der Waals surface area contributed by atoms with Gasteiger partial charge in [0, 0.05) is 18.5 Å². The molecule has 0 radical (unpaired) electrons. The summed E-state index contributed by atoms with van der Waals surface area (Å²) in [6.45, 7) is 4.00. The van der Waals surface area contributed by atoms with E-state index >= 15 is 0 Å². The van der Waals surface area contributed by atoms with Crippen LogP contribution in [0.5, 0.6) is 0 Å². The minimum absolute atomic E-state index is 0.132. The minimum Gasteiger partial charge on any atom is -0.357 e. The fourth-order valence-corrected chi connectivity index (χ4v) is 4.73. The van der Waals surface area contributed by atoms with Crippen LogP contribution < -0.4 is 15.4 Å². The predicted molar refractivity (Wildman–Crippen MR) is 124 cm³/mol. The Hall–Kier alpha value is -2.54. The van der Waals surface area contributed by atoms with Crippen LogP contribution in [0.3, 0.4) is 0 Å². The number of rotatable bonds is 8. The zero-order valence-electron chi connectivity index (χ0n) is 17.8. The van der Waals surface area contributed by atoms with Gasteiger partial charge < -0.3 is 10.6 Å². The highest BCUT2D eigenvalue weighted by Crippen LogP contribution is 2.40. The molecule has 0 saturated heterocycles. The summed E-state index contributed by atoms with van der Waals surface area (Å²) < 4.78 is 25.9. The zero-order valence-corrected chi connectivity index (χ0v) is 18.6. The van der Waals surface area contributed by atoms with Crippen molar-refractivity contribution in [2.75, 3.05) is 24.1 Å². The van der Waals surface area contributed by atoms with Gasteiger partial charge in [-0.25, -0.2) is 13.4 Å². The predicted octanol–water partition coefficient (Wildman–Crippen LogP) is 3.63. The lowest BCUT2D eigenvalue weighted by Gasteiger charge is -2.31. The molecule has 1 fully saturated rings. The van der Waals surface area contributed by atoms with Crippen LogP contribution in [0.25, 0.3) is 0 Å². The van der Waals surface area contributed by atoms with Crippen molar-refractivity contribution in [1.29, 1.82) is 0 Å². The molecule has 0 bridgehead atoms. The molecule has 2 aromatic carbocycles. The molecular weight excluding hydrogens is 396 g/mol. The smallest absolute Gasteiger partial charge is 0.229 e. The molecule has 0 unspecified atom stereocenters. The van der Waals surface area contributed by atoms with E-state index < -0.39 is 10.0 Å². The zero-order chi connectivity index (χ0) is 21.5. The van der Waals surface area contributed by atoms with Gasteiger partial charge in [0.1, 0.15) is 0 Å². The Balaban J connectivity index is 1.74. The van der Waals surface area contributed by atoms with Crippen LogP contribution in [0.1, 0.15) is 43.7 Å². The van der Waals surface area contributed by atoms with E-state index in [0.717, 1.165) is 30.9 Å². The number of anilines is 1. The van der Waals surface area contributed by atoms with Crippen LogP contribution in [0, 0.1) is 0 Å². The second-order valence-corrected chi connectivity index (χ2v) is 9.68. The second-order valence-electron chi connectivity index (χ2n) is 7.93. The summed E-state index contributed by atoms with van der Waals surface area (Å²) in [7, 11) is -3.34. The van der Waals surface area contributed by atoms with Crippen molar-refractivity contribution in [1.82, 2.24) is 10.6 Å². The van der Waals surface area contributed by atoms with E-state index in [4.69, 9.17) is 4.99 Å². The van der Waals surface area contributed by atoms with Gasteiger partial charge in [-0.05, 0) is 37.0 Å². The first kappa shape index (κ1) is 22.2. The van der Waals surface area contributed by atoms with Crippen molar-refractivity contribution in [3.63, 3.8) is 0 Å². The van der Waals surface area contributed by atoms with Crippen molar-refractivity contribution < 1.29 is 8.42 Å². The monoisotopic (exact) mass is 428 g/mol. The fourth-order valence-electron chi connectivity index (χ4n) is 4.13. The Morgan fingerprint density at radius 3 is 2.33 bits per heavy atom. The van der Waals surface area contributed by atoms with Gasteiger partial charge in [-0.15, -0.1) is 0 Å². The van der Waals surface area contributed by atoms with Crippen molar-refractivity contribution in [2.24, 2.45) is 4.99 Å². The molecule has 2 aromatic rings. The van der Waals surface area contributed by atoms with Crippen LogP contribution in [-0.2, 0) is 22.0 Å². The number of hydrogen-bond donors (Lipinski definition) is 3. The Morgan fingerprint density at radius 1 is 1.00 bits per heavy atom. The van der Waals surface area contributed by atoms with E-state index in [9.17, 15) is 8.42 Å². The quantitative estimate of drug-likeness (QED) is 0.443. The van der Waals surface area contributed by atoms with Gasteiger partial charge in [-0.1, -0.05) is 61.4 Å². The number of nitrogens with zero attached hydrogens (tertiary/aromatic N) is 1. The largest absolute Gasteiger partial charge is 0.357 e. The summed E-state index contributed by atoms with van der Waals surface area (Å²) in [5.41, 5.74) is 2.91. The highest BCUT2D eigenvalue weighted by molar-refractivity contribution is 7.92. The first-order chi connectivity index (χ1) is 14.4. The standard InChI is InChI=1S/C23H32N4O2S/c1-3-24-22(25-17-19-11-7-8-14-21(19)27-30(2,28)29)26-18-23(15-9-10-16-23)20-12-5-4-6-13-20/h4-8,11-14,27H,3,9-10,15-18H2,1-2H3,(H2,24,25,26). The topological polar surface area (TPSA) is 82.6 Å². The average molecular weight is 429 g/mol. The summed E-state index contributed by atoms with van der Waals surface area (Å²) in [5.74, 6) is 0.744. The lowest BCUT2D eigenvalue weighted by molar-refractivity contribution is 0.432. The van der Waals surface area contributed by atoms with Gasteiger partial charge in [0.2, 0.25) is 10.0 Å². The summed E-state index contributed by atoms with van der Waals surface area (Å²) in [5, 5.41) is 6.85. The molecule has 0 atom stereocenters. The molecular formula is C23H32N4O2S. The average Bonchev–Trinajstić information content (AvgIpc) is 3.21. The maximum Gasteiger partial charge on any atom is 0.229 e. The van der Waals surface area contributed by atoms with Crippen molar-refractivity contribution in [3.05, 3.63) is 65.7 Å². The Morgan fingerprint density at radius 2 is 1.67 bits per heavy atom. The van der Waals surface area contributed by atoms with E-state index in [-0.39, 0.29) is 5.41 Å². The van der Waals surface area contributed by atoms with Gasteiger partial charge in [-0.2, -0.15) is 0 Å². The van der Waals surface area contributed by atoms with Crippen molar-refractivity contribution >= 4 is 21.7 Å². The SMILES string of the molecule is CCNC(=NCc1ccccc1NS(C)(=O)=O)NCC1(c2ccccc2)CCCC1. The maximum absolute atomic E-state index is 11.6. The molecule has 1 saturated carbocycles. The van der Waals surface area contributed by atoms with Crippen LogP contribution in [0.4, 0.5) is 5.69 Å². The highest BCUT2D eigenvalue weighted by atomic mass is 32.2. The number of nitrogens with one attached hydrogen (secondary N) is 3. The highest BCUT2D eigenvalue weighted by Gasteiger charge is 2.35. The van der Waals surface area contributed by atoms with E-state index in [1.807, 2.05) is 25.1 Å². The number of para-hydroxylation sites is 1. The number of sulfonamides is 1. The maximum atomic E-state index is 11.6. The Kier molecular flexibility index (Phi) is 7.37. The molecule has 0 spiro atoms. The molecule has 0 heterocycles. The number of benzene rings is 2. The molecule has 162 valence electrons. The molecule has 0 aliphatic heterocycles. The van der Waals surface area contributed by atoms with E-state index in [2.05, 4.69) is 45.7 Å². The molecule has 3 N–H and O–H groups in total. The Labute approximate surface area is 180 Å². The fraction of sp³-hybridized carbons (Fsp3) is 0.435. The van der Waals surface area contributed by atoms with Crippen LogP contribution in [0.2, 0.25) is 0 Å². The third kappa shape index (κ3) is 5.98.